The zero-order valence-corrected chi connectivity index (χ0v) is 5.60. The molecule has 0 aromatic carbocycles. The van der Waals surface area contributed by atoms with Crippen LogP contribution in [0.15, 0.2) is 0 Å². The second kappa shape index (κ2) is 2.72. The minimum atomic E-state index is -0.764. The highest BCUT2D eigenvalue weighted by Gasteiger charge is 2.10. The van der Waals surface area contributed by atoms with Crippen LogP contribution in [0.25, 0.3) is 0 Å². The van der Waals surface area contributed by atoms with Gasteiger partial charge in [0.25, 0.3) is 0 Å². The van der Waals surface area contributed by atoms with Crippen molar-refractivity contribution in [3.63, 3.8) is 0 Å². The molecule has 0 radical (unpaired) electrons. The summed E-state index contributed by atoms with van der Waals surface area (Å²) in [6, 6.07) is 0. The molecule has 10 heavy (non-hydrogen) atoms. The number of hydrogen-bond donors (Lipinski definition) is 2. The summed E-state index contributed by atoms with van der Waals surface area (Å²) in [6.45, 7) is 0.133. The maximum atomic E-state index is 9.11. The van der Waals surface area contributed by atoms with Crippen molar-refractivity contribution in [1.29, 1.82) is 0 Å². The summed E-state index contributed by atoms with van der Waals surface area (Å²) < 4.78 is 1.39. The Balaban J connectivity index is 2.82. The number of nitrogens with zero attached hydrogens (tertiary/aromatic N) is 4. The van der Waals surface area contributed by atoms with Crippen molar-refractivity contribution >= 4 is 0 Å². The summed E-state index contributed by atoms with van der Waals surface area (Å²) in [5.41, 5.74) is 5.17. The van der Waals surface area contributed by atoms with Crippen molar-refractivity contribution in [2.75, 3.05) is 6.54 Å². The van der Waals surface area contributed by atoms with Crippen molar-refractivity contribution < 1.29 is 5.11 Å². The van der Waals surface area contributed by atoms with E-state index in [1.54, 1.807) is 7.05 Å². The van der Waals surface area contributed by atoms with Crippen molar-refractivity contribution in [2.24, 2.45) is 12.8 Å². The summed E-state index contributed by atoms with van der Waals surface area (Å²) >= 11 is 0. The van der Waals surface area contributed by atoms with Crippen LogP contribution in [0.3, 0.4) is 0 Å². The summed E-state index contributed by atoms with van der Waals surface area (Å²) in [5.74, 6) is 0.391. The van der Waals surface area contributed by atoms with E-state index in [1.807, 2.05) is 0 Å². The van der Waals surface area contributed by atoms with E-state index in [1.165, 1.54) is 4.68 Å². The zero-order chi connectivity index (χ0) is 7.56. The first kappa shape index (κ1) is 7.10. The van der Waals surface area contributed by atoms with Crippen LogP contribution in [-0.4, -0.2) is 31.9 Å². The van der Waals surface area contributed by atoms with E-state index in [4.69, 9.17) is 10.8 Å². The lowest BCUT2D eigenvalue weighted by atomic mass is 10.3. The Labute approximate surface area is 57.6 Å². The van der Waals surface area contributed by atoms with E-state index in [2.05, 4.69) is 15.5 Å². The second-order valence-corrected chi connectivity index (χ2v) is 1.91. The molecule has 0 bridgehead atoms. The molecule has 1 aromatic heterocycles. The molecule has 1 atom stereocenters. The number of aryl methyl sites for hydroxylation is 1. The topological polar surface area (TPSA) is 89.8 Å². The minimum absolute atomic E-state index is 0.133. The van der Waals surface area contributed by atoms with E-state index in [0.29, 0.717) is 5.82 Å². The van der Waals surface area contributed by atoms with E-state index < -0.39 is 6.10 Å². The van der Waals surface area contributed by atoms with E-state index in [-0.39, 0.29) is 6.54 Å². The van der Waals surface area contributed by atoms with Crippen LogP contribution in [0.4, 0.5) is 0 Å². The molecular formula is C4H9N5O. The molecule has 0 fully saturated rings. The Morgan fingerprint density at radius 1 is 1.80 bits per heavy atom. The molecule has 1 heterocycles. The Hall–Kier alpha value is -1.01. The van der Waals surface area contributed by atoms with E-state index in [0.717, 1.165) is 0 Å². The maximum Gasteiger partial charge on any atom is 0.181 e. The van der Waals surface area contributed by atoms with Crippen LogP contribution in [-0.2, 0) is 7.05 Å². The number of aliphatic hydroxyl groups excluding tert-OH is 1. The Morgan fingerprint density at radius 3 is 2.90 bits per heavy atom. The van der Waals surface area contributed by atoms with Gasteiger partial charge in [0.05, 0.1) is 0 Å². The van der Waals surface area contributed by atoms with Gasteiger partial charge in [-0.05, 0) is 10.4 Å². The molecule has 3 N–H and O–H groups in total. The molecule has 0 aliphatic carbocycles. The highest BCUT2D eigenvalue weighted by Crippen LogP contribution is 2.02. The van der Waals surface area contributed by atoms with Gasteiger partial charge in [-0.25, -0.2) is 4.68 Å². The number of nitrogens with two attached hydrogens (primary N) is 1. The van der Waals surface area contributed by atoms with Gasteiger partial charge in [-0.2, -0.15) is 0 Å². The highest BCUT2D eigenvalue weighted by atomic mass is 16.3. The molecule has 0 aliphatic heterocycles. The van der Waals surface area contributed by atoms with Crippen LogP contribution in [0.5, 0.6) is 0 Å². The fourth-order valence-electron chi connectivity index (χ4n) is 0.624. The first-order valence-corrected chi connectivity index (χ1v) is 2.86. The lowest BCUT2D eigenvalue weighted by Gasteiger charge is -2.02. The fraction of sp³-hybridized carbons (Fsp3) is 0.750. The van der Waals surface area contributed by atoms with Crippen LogP contribution in [0, 0.1) is 0 Å². The molecule has 1 unspecified atom stereocenters. The molecule has 1 rings (SSSR count). The largest absolute Gasteiger partial charge is 0.384 e. The second-order valence-electron chi connectivity index (χ2n) is 1.91. The Morgan fingerprint density at radius 2 is 2.50 bits per heavy atom. The molecule has 0 saturated heterocycles. The molecule has 0 aliphatic rings. The zero-order valence-electron chi connectivity index (χ0n) is 5.60. The maximum absolute atomic E-state index is 9.11. The van der Waals surface area contributed by atoms with Gasteiger partial charge >= 0.3 is 0 Å². The predicted octanol–water partition coefficient (Wildman–Crippen LogP) is -1.80. The number of aliphatic hydroxyl groups is 1. The molecule has 0 spiro atoms. The predicted molar refractivity (Wildman–Crippen MR) is 32.8 cm³/mol. The fourth-order valence-corrected chi connectivity index (χ4v) is 0.624. The van der Waals surface area contributed by atoms with Gasteiger partial charge in [0, 0.05) is 13.6 Å². The smallest absolute Gasteiger partial charge is 0.181 e. The van der Waals surface area contributed by atoms with Crippen molar-refractivity contribution in [2.45, 2.75) is 6.10 Å². The normalized spacial score (nSPS) is 13.5. The van der Waals surface area contributed by atoms with Crippen LogP contribution in [0.2, 0.25) is 0 Å². The lowest BCUT2D eigenvalue weighted by Crippen LogP contribution is -2.15. The van der Waals surface area contributed by atoms with Crippen LogP contribution >= 0.6 is 0 Å². The lowest BCUT2D eigenvalue weighted by molar-refractivity contribution is 0.171. The van der Waals surface area contributed by atoms with Crippen LogP contribution < -0.4 is 5.73 Å². The Kier molecular flexibility index (Phi) is 1.93. The van der Waals surface area contributed by atoms with Gasteiger partial charge in [-0.1, -0.05) is 0 Å². The number of aromatic nitrogens is 4. The summed E-state index contributed by atoms with van der Waals surface area (Å²) in [5, 5.41) is 19.5. The molecular weight excluding hydrogens is 134 g/mol. The molecule has 0 saturated carbocycles. The monoisotopic (exact) mass is 143 g/mol. The Bertz CT molecular complexity index is 209. The molecule has 6 heteroatoms. The third-order valence-electron chi connectivity index (χ3n) is 1.17. The van der Waals surface area contributed by atoms with Gasteiger partial charge in [0.15, 0.2) is 5.82 Å². The van der Waals surface area contributed by atoms with E-state index in [9.17, 15) is 0 Å². The molecule has 1 aromatic rings. The van der Waals surface area contributed by atoms with Crippen molar-refractivity contribution in [1.82, 2.24) is 20.2 Å². The first-order valence-electron chi connectivity index (χ1n) is 2.86. The molecule has 56 valence electrons. The average Bonchev–Trinajstić information content (AvgIpc) is 2.34. The van der Waals surface area contributed by atoms with Gasteiger partial charge in [0.2, 0.25) is 0 Å². The van der Waals surface area contributed by atoms with Crippen LogP contribution in [0.1, 0.15) is 11.9 Å². The van der Waals surface area contributed by atoms with E-state index >= 15 is 0 Å². The van der Waals surface area contributed by atoms with Gasteiger partial charge < -0.3 is 10.8 Å². The number of rotatable bonds is 2. The first-order chi connectivity index (χ1) is 4.75. The summed E-state index contributed by atoms with van der Waals surface area (Å²) in [7, 11) is 1.65. The van der Waals surface area contributed by atoms with Crippen molar-refractivity contribution in [3.8, 4) is 0 Å². The highest BCUT2D eigenvalue weighted by molar-refractivity contribution is 4.86. The quantitative estimate of drug-likeness (QED) is 0.510. The molecule has 0 amide bonds. The third kappa shape index (κ3) is 1.12. The van der Waals surface area contributed by atoms with Gasteiger partial charge in [-0.15, -0.1) is 5.10 Å². The third-order valence-corrected chi connectivity index (χ3v) is 1.17. The number of tetrazole rings is 1. The van der Waals surface area contributed by atoms with Crippen molar-refractivity contribution in [3.05, 3.63) is 5.82 Å². The standard InChI is InChI=1S/C4H9N5O/c1-9-4(3(10)2-5)6-7-8-9/h3,10H,2,5H2,1H3. The molecule has 6 nitrogen and oxygen atoms in total. The SMILES string of the molecule is Cn1nnnc1C(O)CN. The van der Waals surface area contributed by atoms with Gasteiger partial charge in [0.1, 0.15) is 6.10 Å². The number of hydrogen-bond acceptors (Lipinski definition) is 5. The average molecular weight is 143 g/mol. The van der Waals surface area contributed by atoms with Gasteiger partial charge in [-0.3, -0.25) is 0 Å². The summed E-state index contributed by atoms with van der Waals surface area (Å²) in [4.78, 5) is 0. The minimum Gasteiger partial charge on any atom is -0.384 e. The summed E-state index contributed by atoms with van der Waals surface area (Å²) in [6.07, 6.45) is -0.764.